The first kappa shape index (κ1) is 27.6. The molecule has 15 heteroatoms. The summed E-state index contributed by atoms with van der Waals surface area (Å²) in [5.74, 6) is -44.6. The van der Waals surface area contributed by atoms with Gasteiger partial charge in [-0.3, -0.25) is 4.79 Å². The van der Waals surface area contributed by atoms with Gasteiger partial charge in [0.1, 0.15) is 0 Å². The molecule has 2 nitrogen and oxygen atoms in total. The van der Waals surface area contributed by atoms with Gasteiger partial charge in [0.25, 0.3) is 0 Å². The third-order valence-electron chi connectivity index (χ3n) is 4.00. The number of carbonyl (C=O) groups is 1. The second-order valence-electron chi connectivity index (χ2n) is 6.48. The summed E-state index contributed by atoms with van der Waals surface area (Å²) in [6.07, 6.45) is -8.46. The molecule has 0 aliphatic heterocycles. The van der Waals surface area contributed by atoms with Gasteiger partial charge in [0.15, 0.2) is 0 Å². The molecule has 0 saturated carbocycles. The van der Waals surface area contributed by atoms with Crippen LogP contribution in [0.4, 0.5) is 57.1 Å². The van der Waals surface area contributed by atoms with Gasteiger partial charge < -0.3 is 4.74 Å². The number of rotatable bonds is 8. The molecule has 0 amide bonds. The number of esters is 1. The lowest BCUT2D eigenvalue weighted by Gasteiger charge is -2.42. The summed E-state index contributed by atoms with van der Waals surface area (Å²) in [7, 11) is 0. The fraction of sp³-hybridized carbons (Fsp3) is 0.929. The zero-order valence-electron chi connectivity index (χ0n) is 15.0. The van der Waals surface area contributed by atoms with E-state index in [1.165, 1.54) is 13.8 Å². The van der Waals surface area contributed by atoms with Crippen LogP contribution in [0.3, 0.4) is 0 Å². The van der Waals surface area contributed by atoms with Crippen molar-refractivity contribution < 1.29 is 66.6 Å². The fourth-order valence-electron chi connectivity index (χ4n) is 1.93. The molecule has 29 heavy (non-hydrogen) atoms. The highest BCUT2D eigenvalue weighted by molar-refractivity contribution is 5.72. The summed E-state index contributed by atoms with van der Waals surface area (Å²) < 4.78 is 174. The summed E-state index contributed by atoms with van der Waals surface area (Å²) in [5, 5.41) is 0. The highest BCUT2D eigenvalue weighted by atomic mass is 19.4. The van der Waals surface area contributed by atoms with Gasteiger partial charge in [-0.05, 0) is 13.8 Å². The van der Waals surface area contributed by atoms with Crippen molar-refractivity contribution in [2.75, 3.05) is 0 Å². The lowest BCUT2D eigenvalue weighted by Crippen LogP contribution is -2.71. The first-order valence-corrected chi connectivity index (χ1v) is 7.57. The Morgan fingerprint density at radius 1 is 0.621 bits per heavy atom. The maximum Gasteiger partial charge on any atom is 0.460 e. The van der Waals surface area contributed by atoms with Crippen LogP contribution in [0.5, 0.6) is 0 Å². The molecule has 0 aromatic rings. The van der Waals surface area contributed by atoms with E-state index in [-0.39, 0.29) is 6.92 Å². The van der Waals surface area contributed by atoms with Gasteiger partial charge in [0, 0.05) is 5.92 Å². The van der Waals surface area contributed by atoms with Gasteiger partial charge in [-0.15, -0.1) is 0 Å². The molecular weight excluding hydrogens is 447 g/mol. The van der Waals surface area contributed by atoms with Crippen LogP contribution in [0.1, 0.15) is 27.7 Å². The molecule has 174 valence electrons. The monoisotopic (exact) mass is 462 g/mol. The van der Waals surface area contributed by atoms with Gasteiger partial charge in [0.2, 0.25) is 0 Å². The van der Waals surface area contributed by atoms with E-state index >= 15 is 0 Å². The largest absolute Gasteiger partial charge is 0.463 e. The number of carbonyl (C=O) groups excluding carboxylic acids is 1. The lowest BCUT2D eigenvalue weighted by atomic mass is 9.82. The summed E-state index contributed by atoms with van der Waals surface area (Å²) in [4.78, 5) is 11.5. The Morgan fingerprint density at radius 3 is 1.28 bits per heavy atom. The van der Waals surface area contributed by atoms with Gasteiger partial charge in [-0.2, -0.15) is 57.1 Å². The molecule has 0 heterocycles. The van der Waals surface area contributed by atoms with Crippen molar-refractivity contribution in [3.05, 3.63) is 0 Å². The van der Waals surface area contributed by atoms with Crippen molar-refractivity contribution in [3.8, 4) is 0 Å². The van der Waals surface area contributed by atoms with Gasteiger partial charge in [-0.25, -0.2) is 0 Å². The van der Waals surface area contributed by atoms with E-state index in [0.717, 1.165) is 0 Å². The zero-order chi connectivity index (χ0) is 24.0. The second kappa shape index (κ2) is 7.67. The van der Waals surface area contributed by atoms with Crippen LogP contribution in [0.25, 0.3) is 0 Å². The molecule has 0 aromatic heterocycles. The van der Waals surface area contributed by atoms with Crippen molar-refractivity contribution in [2.45, 2.75) is 69.6 Å². The molecule has 0 fully saturated rings. The highest BCUT2D eigenvalue weighted by Crippen LogP contribution is 2.61. The Morgan fingerprint density at radius 2 is 0.966 bits per heavy atom. The Hall–Kier alpha value is -1.44. The van der Waals surface area contributed by atoms with Gasteiger partial charge >= 0.3 is 41.8 Å². The predicted molar refractivity (Wildman–Crippen MR) is 70.3 cm³/mol. The smallest absolute Gasteiger partial charge is 0.460 e. The summed E-state index contributed by atoms with van der Waals surface area (Å²) in [5.41, 5.74) is 0. The van der Waals surface area contributed by atoms with Crippen molar-refractivity contribution >= 4 is 5.97 Å². The Kier molecular flexibility index (Phi) is 7.29. The van der Waals surface area contributed by atoms with Crippen molar-refractivity contribution in [3.63, 3.8) is 0 Å². The standard InChI is InChI=1S/C14H15F13O2/c1-5(2)29-8(28)6(3)7(4)9(15,16)10(17,18)11(19,20)12(21,22)13(23,24)14(25,26)27/h5-7H,1-4H3. The Bertz CT molecular complexity index is 595. The highest BCUT2D eigenvalue weighted by Gasteiger charge is 2.91. The predicted octanol–water partition coefficient (Wildman–Crippen LogP) is 5.95. The molecule has 0 bridgehead atoms. The number of hydrogen-bond acceptors (Lipinski definition) is 2. The van der Waals surface area contributed by atoms with E-state index in [2.05, 4.69) is 4.74 Å². The SMILES string of the molecule is CC(C)OC(=O)C(C)C(C)C(F)(F)C(F)(F)C(F)(F)C(F)(F)C(F)(F)C(F)(F)F. The average molecular weight is 462 g/mol. The quantitative estimate of drug-likeness (QED) is 0.329. The minimum absolute atomic E-state index is 0.0102. The third kappa shape index (κ3) is 4.23. The first-order valence-electron chi connectivity index (χ1n) is 7.57. The minimum Gasteiger partial charge on any atom is -0.463 e. The van der Waals surface area contributed by atoms with Gasteiger partial charge in [0.05, 0.1) is 12.0 Å². The molecule has 0 radical (unpaired) electrons. The third-order valence-corrected chi connectivity index (χ3v) is 4.00. The second-order valence-corrected chi connectivity index (χ2v) is 6.48. The average Bonchev–Trinajstić information content (AvgIpc) is 2.50. The van der Waals surface area contributed by atoms with E-state index in [9.17, 15) is 61.9 Å². The maximum absolute atomic E-state index is 14.0. The molecule has 0 N–H and O–H groups in total. The maximum atomic E-state index is 14.0. The molecule has 0 aromatic carbocycles. The Balaban J connectivity index is 6.26. The first-order chi connectivity index (χ1) is 12.4. The van der Waals surface area contributed by atoms with E-state index in [1.807, 2.05) is 0 Å². The summed E-state index contributed by atoms with van der Waals surface area (Å²) >= 11 is 0. The summed E-state index contributed by atoms with van der Waals surface area (Å²) in [6.45, 7) is 2.82. The molecule has 0 spiro atoms. The van der Waals surface area contributed by atoms with Crippen molar-refractivity contribution in [2.24, 2.45) is 11.8 Å². The van der Waals surface area contributed by atoms with Crippen LogP contribution in [-0.2, 0) is 9.53 Å². The molecule has 0 aliphatic rings. The zero-order valence-corrected chi connectivity index (χ0v) is 15.0. The molecule has 2 atom stereocenters. The van der Waals surface area contributed by atoms with Crippen LogP contribution in [-0.4, -0.2) is 47.9 Å². The minimum atomic E-state index is -7.97. The molecule has 0 rings (SSSR count). The van der Waals surface area contributed by atoms with Crippen LogP contribution in [0.2, 0.25) is 0 Å². The number of halogens is 13. The molecule has 2 unspecified atom stereocenters. The van der Waals surface area contributed by atoms with E-state index in [1.54, 1.807) is 0 Å². The normalized spacial score (nSPS) is 17.3. The van der Waals surface area contributed by atoms with Crippen LogP contribution >= 0.6 is 0 Å². The van der Waals surface area contributed by atoms with E-state index in [4.69, 9.17) is 0 Å². The van der Waals surface area contributed by atoms with Crippen LogP contribution in [0, 0.1) is 11.8 Å². The van der Waals surface area contributed by atoms with Gasteiger partial charge in [-0.1, -0.05) is 13.8 Å². The molecular formula is C14H15F13O2. The number of ether oxygens (including phenoxy) is 1. The van der Waals surface area contributed by atoms with Crippen LogP contribution in [0.15, 0.2) is 0 Å². The topological polar surface area (TPSA) is 26.3 Å². The molecule has 0 aliphatic carbocycles. The number of hydrogen-bond donors (Lipinski definition) is 0. The van der Waals surface area contributed by atoms with E-state index < -0.39 is 59.7 Å². The molecule has 0 saturated heterocycles. The Labute approximate surface area is 155 Å². The lowest BCUT2D eigenvalue weighted by molar-refractivity contribution is -0.443. The number of alkyl halides is 13. The summed E-state index contributed by atoms with van der Waals surface area (Å²) in [6, 6.07) is 0. The van der Waals surface area contributed by atoms with Crippen LogP contribution < -0.4 is 0 Å². The van der Waals surface area contributed by atoms with Crippen molar-refractivity contribution in [1.29, 1.82) is 0 Å². The fourth-order valence-corrected chi connectivity index (χ4v) is 1.93. The van der Waals surface area contributed by atoms with Crippen molar-refractivity contribution in [1.82, 2.24) is 0 Å². The van der Waals surface area contributed by atoms with E-state index in [0.29, 0.717) is 6.92 Å².